The molecule has 4 nitrogen and oxygen atoms in total. The monoisotopic (exact) mass is 271 g/mol. The van der Waals surface area contributed by atoms with Crippen molar-refractivity contribution in [2.24, 2.45) is 0 Å². The molecule has 1 heterocycles. The van der Waals surface area contributed by atoms with Gasteiger partial charge in [0.2, 0.25) is 5.69 Å². The Morgan fingerprint density at radius 2 is 1.89 bits per heavy atom. The van der Waals surface area contributed by atoms with E-state index in [9.17, 15) is 10.1 Å². The van der Waals surface area contributed by atoms with Crippen LogP contribution in [0.25, 0.3) is 15.8 Å². The second-order valence-electron chi connectivity index (χ2n) is 4.36. The van der Waals surface area contributed by atoms with Crippen LogP contribution in [0.4, 0.5) is 5.69 Å². The van der Waals surface area contributed by atoms with Gasteiger partial charge in [-0.05, 0) is 13.0 Å². The molecule has 0 unspecified atom stereocenters. The molecule has 2 aromatic carbocycles. The van der Waals surface area contributed by atoms with Crippen LogP contribution in [0.3, 0.4) is 0 Å². The number of non-ortho nitro benzene ring substituents is 1. The molecule has 0 radical (unpaired) electrons. The molecular formula is C14H11N2O2S+. The lowest BCUT2D eigenvalue weighted by Crippen LogP contribution is -2.23. The van der Waals surface area contributed by atoms with Crippen molar-refractivity contribution in [2.45, 2.75) is 6.92 Å². The molecule has 3 aromatic rings. The first-order chi connectivity index (χ1) is 9.13. The number of hydrogen-bond donors (Lipinski definition) is 0. The van der Waals surface area contributed by atoms with E-state index in [1.807, 2.05) is 29.2 Å². The highest BCUT2D eigenvalue weighted by molar-refractivity contribution is 7.09. The summed E-state index contributed by atoms with van der Waals surface area (Å²) in [5.41, 5.74) is 2.40. The second kappa shape index (κ2) is 4.44. The SMILES string of the molecule is Cc1ccc(-[n+]2cc3cc([N+](=O)[O-])ccc3s2)cc1. The number of nitro groups is 1. The number of fused-ring (bicyclic) bond motifs is 1. The van der Waals surface area contributed by atoms with Crippen molar-refractivity contribution in [2.75, 3.05) is 0 Å². The van der Waals surface area contributed by atoms with Gasteiger partial charge in [0.05, 0.1) is 10.3 Å². The lowest BCUT2D eigenvalue weighted by Gasteiger charge is -1.90. The Bertz CT molecular complexity index is 763. The first-order valence-corrected chi connectivity index (χ1v) is 6.58. The van der Waals surface area contributed by atoms with E-state index in [2.05, 4.69) is 12.1 Å². The normalized spacial score (nSPS) is 10.8. The van der Waals surface area contributed by atoms with Crippen LogP contribution in [0, 0.1) is 17.0 Å². The van der Waals surface area contributed by atoms with Gasteiger partial charge in [0.1, 0.15) is 16.2 Å². The average Bonchev–Trinajstić information content (AvgIpc) is 2.82. The summed E-state index contributed by atoms with van der Waals surface area (Å²) in [4.78, 5) is 10.4. The smallest absolute Gasteiger partial charge is 0.258 e. The molecule has 0 aliphatic heterocycles. The Labute approximate surface area is 113 Å². The van der Waals surface area contributed by atoms with Gasteiger partial charge >= 0.3 is 0 Å². The quantitative estimate of drug-likeness (QED) is 0.407. The number of nitro benzene ring substituents is 1. The van der Waals surface area contributed by atoms with E-state index < -0.39 is 0 Å². The number of nitrogens with zero attached hydrogens (tertiary/aromatic N) is 2. The second-order valence-corrected chi connectivity index (χ2v) is 5.38. The third kappa shape index (κ3) is 2.20. The Balaban J connectivity index is 2.11. The number of rotatable bonds is 2. The summed E-state index contributed by atoms with van der Waals surface area (Å²) in [6, 6.07) is 13.1. The third-order valence-electron chi connectivity index (χ3n) is 2.95. The number of hydrogen-bond acceptors (Lipinski definition) is 3. The van der Waals surface area contributed by atoms with Gasteiger partial charge in [-0.15, -0.1) is 3.96 Å². The van der Waals surface area contributed by atoms with E-state index in [1.165, 1.54) is 11.6 Å². The van der Waals surface area contributed by atoms with Crippen LogP contribution in [0.15, 0.2) is 48.7 Å². The molecule has 1 aromatic heterocycles. The summed E-state index contributed by atoms with van der Waals surface area (Å²) >= 11 is 1.57. The maximum Gasteiger partial charge on any atom is 0.270 e. The Hall–Kier alpha value is -2.27. The van der Waals surface area contributed by atoms with Crippen LogP contribution in [-0.4, -0.2) is 4.92 Å². The fourth-order valence-corrected chi connectivity index (χ4v) is 2.86. The van der Waals surface area contributed by atoms with E-state index in [1.54, 1.807) is 23.7 Å². The van der Waals surface area contributed by atoms with Gasteiger partial charge in [-0.25, -0.2) is 0 Å². The van der Waals surface area contributed by atoms with Gasteiger partial charge in [-0.3, -0.25) is 10.1 Å². The lowest BCUT2D eigenvalue weighted by molar-refractivity contribution is -0.518. The lowest BCUT2D eigenvalue weighted by atomic mass is 10.2. The van der Waals surface area contributed by atoms with Crippen LogP contribution in [-0.2, 0) is 0 Å². The summed E-state index contributed by atoms with van der Waals surface area (Å²) in [5.74, 6) is 0. The highest BCUT2D eigenvalue weighted by atomic mass is 32.1. The molecule has 5 heteroatoms. The van der Waals surface area contributed by atoms with Crippen LogP contribution < -0.4 is 3.96 Å². The van der Waals surface area contributed by atoms with E-state index in [0.717, 1.165) is 15.8 Å². The summed E-state index contributed by atoms with van der Waals surface area (Å²) in [7, 11) is 0. The van der Waals surface area contributed by atoms with Gasteiger partial charge in [0.15, 0.2) is 6.20 Å². The zero-order valence-corrected chi connectivity index (χ0v) is 11.1. The van der Waals surface area contributed by atoms with Crippen LogP contribution in [0.2, 0.25) is 0 Å². The molecule has 0 bridgehead atoms. The minimum atomic E-state index is -0.368. The summed E-state index contributed by atoms with van der Waals surface area (Å²) < 4.78 is 3.06. The first kappa shape index (κ1) is 11.8. The summed E-state index contributed by atoms with van der Waals surface area (Å²) in [6.07, 6.45) is 1.93. The van der Waals surface area contributed by atoms with Crippen molar-refractivity contribution in [1.29, 1.82) is 0 Å². The molecule has 0 amide bonds. The summed E-state index contributed by atoms with van der Waals surface area (Å²) in [5, 5.41) is 11.6. The molecule has 0 N–H and O–H groups in total. The molecule has 94 valence electrons. The first-order valence-electron chi connectivity index (χ1n) is 5.81. The van der Waals surface area contributed by atoms with Crippen molar-refractivity contribution in [1.82, 2.24) is 0 Å². The number of aryl methyl sites for hydroxylation is 1. The Kier molecular flexibility index (Phi) is 2.76. The molecule has 0 saturated carbocycles. The van der Waals surface area contributed by atoms with Gasteiger partial charge < -0.3 is 0 Å². The zero-order chi connectivity index (χ0) is 13.4. The van der Waals surface area contributed by atoms with Crippen molar-refractivity contribution in [3.63, 3.8) is 0 Å². The third-order valence-corrected chi connectivity index (χ3v) is 4.03. The molecule has 0 aliphatic carbocycles. The summed E-state index contributed by atoms with van der Waals surface area (Å²) in [6.45, 7) is 2.04. The highest BCUT2D eigenvalue weighted by Gasteiger charge is 2.15. The van der Waals surface area contributed by atoms with Crippen molar-refractivity contribution >= 4 is 27.3 Å². The number of benzene rings is 2. The van der Waals surface area contributed by atoms with Crippen molar-refractivity contribution in [3.8, 4) is 5.69 Å². The largest absolute Gasteiger partial charge is 0.270 e. The molecule has 0 fully saturated rings. The minimum Gasteiger partial charge on any atom is -0.258 e. The molecule has 3 rings (SSSR count). The molecule has 19 heavy (non-hydrogen) atoms. The van der Waals surface area contributed by atoms with Gasteiger partial charge in [0.25, 0.3) is 5.69 Å². The standard InChI is InChI=1S/C14H11N2O2S/c1-10-2-4-12(5-3-10)15-9-11-8-13(16(17)18)6-7-14(11)19-15/h2-9H,1H3/q+1. The van der Waals surface area contributed by atoms with Crippen molar-refractivity contribution < 1.29 is 8.88 Å². The van der Waals surface area contributed by atoms with Crippen LogP contribution in [0.1, 0.15) is 5.56 Å². The predicted octanol–water partition coefficient (Wildman–Crippen LogP) is 3.39. The highest BCUT2D eigenvalue weighted by Crippen LogP contribution is 2.23. The van der Waals surface area contributed by atoms with Gasteiger partial charge in [-0.2, -0.15) is 0 Å². The minimum absolute atomic E-state index is 0.126. The Morgan fingerprint density at radius 1 is 1.16 bits per heavy atom. The average molecular weight is 271 g/mol. The fourth-order valence-electron chi connectivity index (χ4n) is 1.91. The predicted molar refractivity (Wildman–Crippen MR) is 74.7 cm³/mol. The van der Waals surface area contributed by atoms with Crippen molar-refractivity contribution in [3.05, 3.63) is 64.3 Å². The molecule has 0 aliphatic rings. The maximum atomic E-state index is 10.8. The van der Waals surface area contributed by atoms with E-state index in [-0.39, 0.29) is 10.6 Å². The van der Waals surface area contributed by atoms with E-state index in [4.69, 9.17) is 0 Å². The molecule has 0 spiro atoms. The number of aromatic nitrogens is 1. The van der Waals surface area contributed by atoms with Crippen LogP contribution in [0.5, 0.6) is 0 Å². The zero-order valence-electron chi connectivity index (χ0n) is 10.2. The van der Waals surface area contributed by atoms with Gasteiger partial charge in [0, 0.05) is 24.3 Å². The van der Waals surface area contributed by atoms with Crippen LogP contribution >= 0.6 is 11.5 Å². The molecular weight excluding hydrogens is 260 g/mol. The topological polar surface area (TPSA) is 47.0 Å². The maximum absolute atomic E-state index is 10.8. The molecule has 0 saturated heterocycles. The van der Waals surface area contributed by atoms with Gasteiger partial charge in [-0.1, -0.05) is 17.7 Å². The Morgan fingerprint density at radius 3 is 2.58 bits per heavy atom. The fraction of sp³-hybridized carbons (Fsp3) is 0.0714. The molecule has 0 atom stereocenters. The van der Waals surface area contributed by atoms with E-state index in [0.29, 0.717) is 0 Å². The van der Waals surface area contributed by atoms with E-state index >= 15 is 0 Å².